The van der Waals surface area contributed by atoms with Gasteiger partial charge in [-0.3, -0.25) is 24.3 Å². The Morgan fingerprint density at radius 2 is 1.78 bits per heavy atom. The van der Waals surface area contributed by atoms with Crippen LogP contribution in [0.5, 0.6) is 0 Å². The van der Waals surface area contributed by atoms with Gasteiger partial charge in [0.25, 0.3) is 0 Å². The summed E-state index contributed by atoms with van der Waals surface area (Å²) in [6, 6.07) is 3.87. The first kappa shape index (κ1) is 56.2. The van der Waals surface area contributed by atoms with Gasteiger partial charge in [0.15, 0.2) is 28.9 Å². The van der Waals surface area contributed by atoms with Crippen LogP contribution < -0.4 is 10.3 Å². The van der Waals surface area contributed by atoms with Gasteiger partial charge >= 0.3 is 18.0 Å². The van der Waals surface area contributed by atoms with Crippen LogP contribution in [0.25, 0.3) is 11.2 Å². The van der Waals surface area contributed by atoms with Gasteiger partial charge in [-0.15, -0.1) is 6.58 Å². The molecule has 20 nitrogen and oxygen atoms in total. The largest absolute Gasteiger partial charge is 0.461 e. The molecule has 3 aromatic heterocycles. The lowest BCUT2D eigenvalue weighted by atomic mass is 9.73. The molecule has 6 rings (SSSR count). The second kappa shape index (κ2) is 24.3. The van der Waals surface area contributed by atoms with E-state index in [2.05, 4.69) is 50.7 Å². The summed E-state index contributed by atoms with van der Waals surface area (Å²) in [6.07, 6.45) is 1.00. The molecule has 0 aliphatic carbocycles. The zero-order valence-electron chi connectivity index (χ0n) is 44.4. The van der Waals surface area contributed by atoms with Crippen LogP contribution in [0, 0.1) is 23.7 Å². The molecule has 1 amide bonds. The van der Waals surface area contributed by atoms with Gasteiger partial charge in [-0.05, 0) is 86.4 Å². The van der Waals surface area contributed by atoms with Crippen molar-refractivity contribution < 1.29 is 52.7 Å². The fourth-order valence-corrected chi connectivity index (χ4v) is 11.2. The van der Waals surface area contributed by atoms with Crippen molar-refractivity contribution >= 4 is 40.8 Å². The fourth-order valence-electron chi connectivity index (χ4n) is 11.2. The number of aliphatic hydroxyl groups excluding tert-OH is 1. The summed E-state index contributed by atoms with van der Waals surface area (Å²) in [4.78, 5) is 80.2. The number of hydrazine groups is 1. The lowest BCUT2D eigenvalue weighted by molar-refractivity contribution is -0.302. The number of aromatic nitrogens is 5. The van der Waals surface area contributed by atoms with Gasteiger partial charge in [0.1, 0.15) is 36.5 Å². The Labute approximate surface area is 424 Å². The van der Waals surface area contributed by atoms with E-state index in [0.29, 0.717) is 49.3 Å². The average Bonchev–Trinajstić information content (AvgIpc) is 3.89. The number of ketones is 1. The number of carbonyl (C=O) groups excluding carboxylic acids is 4. The van der Waals surface area contributed by atoms with E-state index in [0.717, 1.165) is 18.9 Å². The number of hydrogen-bond donors (Lipinski definition) is 2. The molecule has 2 N–H and O–H groups in total. The third-order valence-corrected chi connectivity index (χ3v) is 15.2. The minimum Gasteiger partial charge on any atom is -0.461 e. The van der Waals surface area contributed by atoms with Crippen molar-refractivity contribution in [2.24, 2.45) is 23.7 Å². The first-order chi connectivity index (χ1) is 34.3. The van der Waals surface area contributed by atoms with Crippen molar-refractivity contribution in [3.05, 3.63) is 55.4 Å². The molecule has 6 heterocycles. The van der Waals surface area contributed by atoms with Crippen LogP contribution in [0.1, 0.15) is 101 Å². The Morgan fingerprint density at radius 1 is 1.04 bits per heavy atom. The molecule has 0 bridgehead atoms. The fraction of sp³-hybridized carbons (Fsp3) is 0.692. The highest BCUT2D eigenvalue weighted by Crippen LogP contribution is 2.43. The number of pyridine rings is 1. The Hall–Kier alpha value is -5.12. The monoisotopic (exact) mass is 1010 g/mol. The molecule has 3 saturated heterocycles. The van der Waals surface area contributed by atoms with E-state index in [4.69, 9.17) is 28.4 Å². The Morgan fingerprint density at radius 3 is 2.43 bits per heavy atom. The summed E-state index contributed by atoms with van der Waals surface area (Å²) < 4.78 is 40.7. The van der Waals surface area contributed by atoms with Gasteiger partial charge < -0.3 is 43.0 Å². The third kappa shape index (κ3) is 11.9. The van der Waals surface area contributed by atoms with Crippen LogP contribution in [-0.2, 0) is 55.8 Å². The number of methoxy groups -OCH3 is 1. The van der Waals surface area contributed by atoms with Crippen molar-refractivity contribution in [2.75, 3.05) is 45.2 Å². The number of hydrogen-bond acceptors (Lipinski definition) is 18. The number of carbonyl (C=O) groups is 4. The van der Waals surface area contributed by atoms with Crippen molar-refractivity contribution in [3.8, 4) is 0 Å². The Balaban J connectivity index is 1.35. The van der Waals surface area contributed by atoms with Gasteiger partial charge in [0.2, 0.25) is 0 Å². The van der Waals surface area contributed by atoms with E-state index in [1.165, 1.54) is 18.4 Å². The molecule has 0 unspecified atom stereocenters. The summed E-state index contributed by atoms with van der Waals surface area (Å²) >= 11 is 0. The summed E-state index contributed by atoms with van der Waals surface area (Å²) in [5.74, 6) is -4.41. The zero-order valence-corrected chi connectivity index (χ0v) is 44.4. The van der Waals surface area contributed by atoms with Crippen LogP contribution in [0.2, 0.25) is 0 Å². The minimum absolute atomic E-state index is 0.0779. The molecule has 3 aliphatic heterocycles. The SMILES string of the molecule is C=CCN(C)[C@@H]1C[C@H](C)O[C@H](O[C@@H]2[C@@H](C)[C@H](OC(=O)Cc3ccccn3)[C@@H](C)C(=O)O[C@H](CC)[C@@]3(C)OC(=O)N(NCCCn4cnc5c(N(CC)CC)ncnc54)[C@@H]3[C@@H](C)C(=O)[C@H](C)C[C@@]2(C)OC)[C@H]1O. The molecule has 3 fully saturated rings. The van der Waals surface area contributed by atoms with Crippen LogP contribution in [-0.4, -0.2) is 164 Å². The standard InChI is InChI=1S/C52H79N9O11/c1-14-24-58(12)37-26-32(6)68-49(42(37)64)71-45-34(8)43(70-39(62)27-36-21-18-19-22-53-36)35(9)48(65)69-38(15-2)52(11)44(33(7)41(63)31(5)28-51(45,10)67-13)61(50(66)72-52)57-23-20-25-60-30-56-40-46(59(16-3)17-4)54-29-55-47(40)60/h14,18-19,21-22,29-35,37-38,42-45,49,57,64H,1,15-17,20,23-28H2,2-13H3/t31-,32+,33+,34+,35-,37-,38-,42+,43+,44-,45-,49-,51-,52-/m1/s1. The minimum atomic E-state index is -1.53. The number of ether oxygens (including phenoxy) is 6. The molecular weight excluding hydrogens is 927 g/mol. The molecule has 20 heteroatoms. The van der Waals surface area contributed by atoms with Crippen LogP contribution in [0.15, 0.2) is 49.7 Å². The number of nitrogens with zero attached hydrogens (tertiary/aromatic N) is 8. The number of aliphatic hydroxyl groups is 1. The summed E-state index contributed by atoms with van der Waals surface area (Å²) in [5.41, 5.74) is 2.26. The van der Waals surface area contributed by atoms with E-state index < -0.39 is 89.7 Å². The highest BCUT2D eigenvalue weighted by molar-refractivity contribution is 5.85. The summed E-state index contributed by atoms with van der Waals surface area (Å²) in [7, 11) is 3.40. The number of fused-ring (bicyclic) bond motifs is 2. The Kier molecular flexibility index (Phi) is 18.9. The predicted octanol–water partition coefficient (Wildman–Crippen LogP) is 5.31. The lowest BCUT2D eigenvalue weighted by Gasteiger charge is -2.48. The van der Waals surface area contributed by atoms with Gasteiger partial charge in [0, 0.05) is 69.8 Å². The van der Waals surface area contributed by atoms with Crippen molar-refractivity contribution in [1.82, 2.24) is 39.8 Å². The van der Waals surface area contributed by atoms with Crippen molar-refractivity contribution in [3.63, 3.8) is 0 Å². The number of likely N-dealkylation sites (N-methyl/N-ethyl adjacent to an activating group) is 1. The second-order valence-electron chi connectivity index (χ2n) is 20.2. The maximum Gasteiger partial charge on any atom is 0.425 e. The van der Waals surface area contributed by atoms with E-state index in [1.807, 2.05) is 30.4 Å². The molecule has 0 spiro atoms. The second-order valence-corrected chi connectivity index (χ2v) is 20.2. The molecule has 14 atom stereocenters. The molecule has 0 radical (unpaired) electrons. The molecule has 0 aromatic carbocycles. The quantitative estimate of drug-likeness (QED) is 0.0714. The number of amides is 1. The maximum atomic E-state index is 15.1. The first-order valence-corrected chi connectivity index (χ1v) is 25.6. The van der Waals surface area contributed by atoms with Crippen molar-refractivity contribution in [2.45, 2.75) is 168 Å². The number of imidazole rings is 1. The maximum absolute atomic E-state index is 15.1. The van der Waals surface area contributed by atoms with Gasteiger partial charge in [-0.2, -0.15) is 0 Å². The summed E-state index contributed by atoms with van der Waals surface area (Å²) in [6.45, 7) is 25.0. The normalized spacial score (nSPS) is 32.8. The van der Waals surface area contributed by atoms with Gasteiger partial charge in [-0.25, -0.2) is 30.2 Å². The predicted molar refractivity (Wildman–Crippen MR) is 268 cm³/mol. The number of esters is 2. The molecule has 0 saturated carbocycles. The zero-order chi connectivity index (χ0) is 52.7. The number of aryl methyl sites for hydroxylation is 1. The van der Waals surface area contributed by atoms with Gasteiger partial charge in [0.05, 0.1) is 42.2 Å². The average molecular weight is 1010 g/mol. The number of rotatable bonds is 18. The van der Waals surface area contributed by atoms with E-state index in [1.54, 1.807) is 78.3 Å². The topological polar surface area (TPSA) is 222 Å². The third-order valence-electron chi connectivity index (χ3n) is 15.2. The highest BCUT2D eigenvalue weighted by Gasteiger charge is 2.61. The van der Waals surface area contributed by atoms with E-state index in [9.17, 15) is 19.5 Å². The van der Waals surface area contributed by atoms with Crippen LogP contribution in [0.3, 0.4) is 0 Å². The number of Topliss-reactive ketones (excluding diaryl/α,β-unsaturated/α-hetero) is 1. The van der Waals surface area contributed by atoms with E-state index in [-0.39, 0.29) is 37.2 Å². The van der Waals surface area contributed by atoms with Crippen LogP contribution in [0.4, 0.5) is 10.6 Å². The van der Waals surface area contributed by atoms with Crippen LogP contribution >= 0.6 is 0 Å². The molecule has 3 aromatic rings. The van der Waals surface area contributed by atoms with E-state index >= 15 is 4.79 Å². The number of nitrogens with one attached hydrogen (secondary N) is 1. The first-order valence-electron chi connectivity index (χ1n) is 25.6. The Bertz CT molecular complexity index is 2320. The summed E-state index contributed by atoms with van der Waals surface area (Å²) in [5, 5.41) is 13.3. The number of anilines is 1. The number of cyclic esters (lactones) is 1. The lowest BCUT2D eigenvalue weighted by Crippen LogP contribution is -2.62. The molecule has 3 aliphatic rings. The highest BCUT2D eigenvalue weighted by atomic mass is 16.7. The van der Waals surface area contributed by atoms with Crippen molar-refractivity contribution in [1.29, 1.82) is 0 Å². The smallest absolute Gasteiger partial charge is 0.425 e. The molecule has 72 heavy (non-hydrogen) atoms. The molecule has 398 valence electrons. The molecular formula is C52H79N9O11. The van der Waals surface area contributed by atoms with Gasteiger partial charge in [-0.1, -0.05) is 39.8 Å².